The van der Waals surface area contributed by atoms with Crippen LogP contribution in [0.1, 0.15) is 735 Å². The number of nitrogens with one attached hydrogen (secondary N) is 4. The zero-order chi connectivity index (χ0) is 98.2. The second-order valence-corrected chi connectivity index (χ2v) is 45.6. The van der Waals surface area contributed by atoms with Crippen LogP contribution in [-0.4, -0.2) is 74.0 Å². The molecule has 0 spiro atoms. The van der Waals surface area contributed by atoms with Crippen LogP contribution in [0.4, 0.5) is 5.69 Å². The fourth-order valence-corrected chi connectivity index (χ4v) is 21.1. The van der Waals surface area contributed by atoms with Gasteiger partial charge < -0.3 is 19.6 Å². The van der Waals surface area contributed by atoms with Crippen LogP contribution >= 0.6 is 0 Å². The third-order valence-electron chi connectivity index (χ3n) is 31.2. The van der Waals surface area contributed by atoms with E-state index in [1.165, 1.54) is 738 Å². The Hall–Kier alpha value is -0.940. The topological polar surface area (TPSA) is 17.8 Å². The second-order valence-electron chi connectivity index (χ2n) is 45.6. The van der Waals surface area contributed by atoms with Crippen molar-refractivity contribution >= 4 is 5.69 Å². The van der Waals surface area contributed by atoms with Crippen molar-refractivity contribution in [2.75, 3.05) is 74.0 Å². The van der Waals surface area contributed by atoms with E-state index in [1.54, 1.807) is 19.6 Å². The molecular formula is C131H270N4+4. The van der Waals surface area contributed by atoms with Gasteiger partial charge in [0, 0.05) is 0 Å². The van der Waals surface area contributed by atoms with Crippen molar-refractivity contribution in [3.8, 4) is 0 Å². The summed E-state index contributed by atoms with van der Waals surface area (Å²) in [5, 5.41) is 0. The largest absolute Gasteiger partial charge is 0.337 e. The van der Waals surface area contributed by atoms with Crippen molar-refractivity contribution in [1.29, 1.82) is 0 Å². The Morgan fingerprint density at radius 1 is 0.119 bits per heavy atom. The summed E-state index contributed by atoms with van der Waals surface area (Å²) in [5.41, 5.74) is 3.00. The molecular weight excluding hydrogens is 1630 g/mol. The lowest BCUT2D eigenvalue weighted by atomic mass is 10.0. The van der Waals surface area contributed by atoms with Gasteiger partial charge in [-0.3, -0.25) is 0 Å². The molecule has 0 aliphatic heterocycles. The lowest BCUT2D eigenvalue weighted by molar-refractivity contribution is -0.880. The second kappa shape index (κ2) is 129. The van der Waals surface area contributed by atoms with Gasteiger partial charge >= 0.3 is 0 Å². The highest BCUT2D eigenvalue weighted by molar-refractivity contribution is 5.32. The predicted molar refractivity (Wildman–Crippen MR) is 622 cm³/mol. The van der Waals surface area contributed by atoms with Crippen molar-refractivity contribution in [3.05, 3.63) is 29.8 Å². The van der Waals surface area contributed by atoms with Gasteiger partial charge in [0.2, 0.25) is 0 Å². The summed E-state index contributed by atoms with van der Waals surface area (Å²) >= 11 is 0. The first-order chi connectivity index (χ1) is 66.7. The lowest BCUT2D eigenvalue weighted by Gasteiger charge is -2.14. The molecule has 1 atom stereocenters. The molecule has 4 nitrogen and oxygen atoms in total. The molecule has 0 bridgehead atoms. The first-order valence-electron chi connectivity index (χ1n) is 65.1. The van der Waals surface area contributed by atoms with Gasteiger partial charge in [0.15, 0.2) is 0 Å². The van der Waals surface area contributed by atoms with Gasteiger partial charge in [-0.25, -0.2) is 0 Å². The Morgan fingerprint density at radius 2 is 0.222 bits per heavy atom. The third-order valence-corrected chi connectivity index (χ3v) is 31.2. The molecule has 135 heavy (non-hydrogen) atoms. The summed E-state index contributed by atoms with van der Waals surface area (Å²) in [5.74, 6) is 0. The standard InChI is InChI=1S/C37H77N.C36H67N.C33H69N.C25H53N/c1-4-6-8-10-12-14-16-18-20-22-24-26-28-30-32-34-36-38(3)37-35-33-31-29-27-25-23-21-19-17-15-13-11-9-7-5-2;1-4-6-8-10-12-14-15-16-17-18-19-20-22-24-26-28-34-37(3)36-32-30-35(31-33-36)29-27-25-23-21-13-11-9-7-5-2;1-4-6-8-10-12-14-16-18-20-22-24-26-28-30-32-34(3)33-31-29-27-25-23-21-19-17-15-13-11-9-7-5-2;1-4-6-8-10-12-14-16-18-20-22-24-26(3)25-23-21-19-17-15-13-11-9-7-5-2/h4-37H2,1-3H3;30-33H,4-29,34H2,1-3H3;4-33H2,1-3H3;4-25H2,1-3H3/p+4. The minimum atomic E-state index is 1.26. The lowest BCUT2D eigenvalue weighted by Crippen LogP contribution is -3.09. The Kier molecular flexibility index (Phi) is 132. The third kappa shape index (κ3) is 127. The Labute approximate surface area is 859 Å². The van der Waals surface area contributed by atoms with Crippen LogP contribution in [0.25, 0.3) is 0 Å². The number of hydrogen-bond donors (Lipinski definition) is 4. The molecule has 1 aromatic carbocycles. The molecule has 0 saturated carbocycles. The predicted octanol–water partition coefficient (Wildman–Crippen LogP) is 41.0. The number of aryl methyl sites for hydroxylation is 1. The molecule has 0 aliphatic rings. The van der Waals surface area contributed by atoms with E-state index < -0.39 is 0 Å². The zero-order valence-electron chi connectivity index (χ0n) is 97.2. The zero-order valence-corrected chi connectivity index (χ0v) is 97.2. The van der Waals surface area contributed by atoms with Crippen molar-refractivity contribution < 1.29 is 19.6 Å². The first kappa shape index (κ1) is 138. The summed E-state index contributed by atoms with van der Waals surface area (Å²) < 4.78 is 0. The number of quaternary nitrogens is 4. The Balaban J connectivity index is -0.00000174. The Bertz CT molecular complexity index is 2010. The molecule has 1 unspecified atom stereocenters. The van der Waals surface area contributed by atoms with Gasteiger partial charge in [-0.15, -0.1) is 0 Å². The van der Waals surface area contributed by atoms with E-state index in [1.807, 2.05) is 0 Å². The molecule has 4 heteroatoms. The minimum Gasteiger partial charge on any atom is -0.337 e. The van der Waals surface area contributed by atoms with Crippen molar-refractivity contribution in [1.82, 2.24) is 0 Å². The molecule has 1 rings (SSSR count). The van der Waals surface area contributed by atoms with Gasteiger partial charge in [-0.2, -0.15) is 0 Å². The van der Waals surface area contributed by atoms with Crippen LogP contribution in [0.15, 0.2) is 24.3 Å². The number of benzene rings is 1. The van der Waals surface area contributed by atoms with E-state index in [9.17, 15) is 0 Å². The monoisotopic (exact) mass is 1900 g/mol. The van der Waals surface area contributed by atoms with Crippen molar-refractivity contribution in [2.24, 2.45) is 0 Å². The molecule has 0 radical (unpaired) electrons. The van der Waals surface area contributed by atoms with Gasteiger partial charge in [0.05, 0.1) is 74.0 Å². The summed E-state index contributed by atoms with van der Waals surface area (Å²) in [4.78, 5) is 6.91. The maximum absolute atomic E-state index is 2.43. The molecule has 0 saturated heterocycles. The average molecular weight is 1900 g/mol. The molecule has 0 aromatic heterocycles. The molecule has 810 valence electrons. The van der Waals surface area contributed by atoms with Crippen LogP contribution in [0.2, 0.25) is 0 Å². The molecule has 0 amide bonds. The summed E-state index contributed by atoms with van der Waals surface area (Å²) in [6, 6.07) is 9.53. The highest BCUT2D eigenvalue weighted by Crippen LogP contribution is 2.23. The highest BCUT2D eigenvalue weighted by atomic mass is 15.1. The van der Waals surface area contributed by atoms with Crippen LogP contribution in [0.3, 0.4) is 0 Å². The number of unbranched alkanes of at least 4 members (excludes halogenated alkanes) is 97. The smallest absolute Gasteiger partial charge is 0.130 e. The van der Waals surface area contributed by atoms with Crippen LogP contribution in [-0.2, 0) is 6.42 Å². The molecule has 4 N–H and O–H groups in total. The van der Waals surface area contributed by atoms with E-state index in [0.29, 0.717) is 0 Å². The van der Waals surface area contributed by atoms with Crippen molar-refractivity contribution in [2.45, 2.75) is 736 Å². The van der Waals surface area contributed by atoms with E-state index in [-0.39, 0.29) is 0 Å². The van der Waals surface area contributed by atoms with Gasteiger partial charge in [-0.05, 0) is 120 Å². The number of rotatable bonds is 114. The average Bonchev–Trinajstić information content (AvgIpc) is 0.887. The Morgan fingerprint density at radius 3 is 0.348 bits per heavy atom. The van der Waals surface area contributed by atoms with Gasteiger partial charge in [-0.1, -0.05) is 645 Å². The maximum atomic E-state index is 2.43. The van der Waals surface area contributed by atoms with E-state index >= 15 is 0 Å². The van der Waals surface area contributed by atoms with Gasteiger partial charge in [0.1, 0.15) is 5.69 Å². The fraction of sp³-hybridized carbons (Fsp3) is 0.954. The minimum absolute atomic E-state index is 1.26. The normalized spacial score (nSPS) is 11.8. The molecule has 0 aliphatic carbocycles. The van der Waals surface area contributed by atoms with Crippen LogP contribution < -0.4 is 19.6 Å². The summed E-state index contributed by atoms with van der Waals surface area (Å²) in [7, 11) is 9.60. The fourth-order valence-electron chi connectivity index (χ4n) is 21.1. The molecule has 0 fully saturated rings. The van der Waals surface area contributed by atoms with E-state index in [0.717, 1.165) is 0 Å². The van der Waals surface area contributed by atoms with Crippen LogP contribution in [0.5, 0.6) is 0 Å². The van der Waals surface area contributed by atoms with Crippen molar-refractivity contribution in [3.63, 3.8) is 0 Å². The van der Waals surface area contributed by atoms with E-state index in [4.69, 9.17) is 0 Å². The summed E-state index contributed by atoms with van der Waals surface area (Å²) in [6.07, 6.45) is 154. The SMILES string of the molecule is CCCCCCCCCCCCCCCCCC[NH+](C)CCCCCCCCCCCCCCCCCC.CCCCCCCCCCCCCCCCCC[NH+](C)c1ccc(CCCCCCCCCCC)cc1.CCCCCCCCCCCCCCCC[NH+](C)CCCCCCCCCCCCCCCC.CCCCCCCCCCCC[NH+](C)CCCCCCCCCCCC. The molecule has 0 heterocycles. The molecule has 1 aromatic rings. The van der Waals surface area contributed by atoms with Gasteiger partial charge in [0.25, 0.3) is 0 Å². The van der Waals surface area contributed by atoms with E-state index in [2.05, 4.69) is 108 Å². The quantitative estimate of drug-likeness (QED) is 0.0466. The van der Waals surface area contributed by atoms with Crippen LogP contribution in [0, 0.1) is 0 Å². The highest BCUT2D eigenvalue weighted by Gasteiger charge is 2.11. The first-order valence-corrected chi connectivity index (χ1v) is 65.1. The summed E-state index contributed by atoms with van der Waals surface area (Å²) in [6.45, 7) is 28.1. The maximum Gasteiger partial charge on any atom is 0.130 e. The number of hydrogen-bond acceptors (Lipinski definition) is 0.